The Bertz CT molecular complexity index is 3400. The number of hydrogen-bond donors (Lipinski definition) is 0. The van der Waals surface area contributed by atoms with Crippen LogP contribution >= 0.6 is 0 Å². The van der Waals surface area contributed by atoms with Gasteiger partial charge in [0.15, 0.2) is 0 Å². The second-order valence-corrected chi connectivity index (χ2v) is 15.8. The molecule has 0 aliphatic carbocycles. The van der Waals surface area contributed by atoms with Crippen LogP contribution in [0.2, 0.25) is 0 Å². The van der Waals surface area contributed by atoms with Crippen molar-refractivity contribution in [2.75, 3.05) is 0 Å². The van der Waals surface area contributed by atoms with Gasteiger partial charge in [0.2, 0.25) is 0 Å². The van der Waals surface area contributed by atoms with E-state index < -0.39 is 0 Å². The molecule has 9 aromatic carbocycles. The van der Waals surface area contributed by atoms with Crippen molar-refractivity contribution in [1.82, 2.24) is 29.1 Å². The molecule has 12 rings (SSSR count). The lowest BCUT2D eigenvalue weighted by Crippen LogP contribution is -1.99. The van der Waals surface area contributed by atoms with Gasteiger partial charge < -0.3 is 0 Å². The van der Waals surface area contributed by atoms with E-state index in [4.69, 9.17) is 19.9 Å². The molecule has 3 heterocycles. The SMILES string of the molecule is c1ccc(-n2c(-c3ccc(-c4ccccc4-c4nc5ccccc5nc4-c4ccccc4-c4ccc(-c5nc6ccccc6n5-c5ccccc5)cc4)cc3)nc3ccccc32)cc1. The Morgan fingerprint density at radius 3 is 0.953 bits per heavy atom. The molecule has 0 saturated heterocycles. The molecule has 0 aliphatic heterocycles. The zero-order chi connectivity index (χ0) is 42.4. The average molecular weight is 819 g/mol. The van der Waals surface area contributed by atoms with Gasteiger partial charge in [-0.1, -0.05) is 170 Å². The number of benzene rings is 9. The molecule has 0 unspecified atom stereocenters. The van der Waals surface area contributed by atoms with Crippen LogP contribution in [0.4, 0.5) is 0 Å². The Balaban J connectivity index is 0.960. The lowest BCUT2D eigenvalue weighted by Gasteiger charge is -2.17. The van der Waals surface area contributed by atoms with Crippen molar-refractivity contribution in [1.29, 1.82) is 0 Å². The van der Waals surface area contributed by atoms with E-state index >= 15 is 0 Å². The fourth-order valence-electron chi connectivity index (χ4n) is 8.97. The number of para-hydroxylation sites is 8. The molecular weight excluding hydrogens is 781 g/mol. The second kappa shape index (κ2) is 15.6. The zero-order valence-electron chi connectivity index (χ0n) is 34.6. The highest BCUT2D eigenvalue weighted by molar-refractivity contribution is 5.96. The van der Waals surface area contributed by atoms with Crippen molar-refractivity contribution in [3.8, 4) is 78.9 Å². The highest BCUT2D eigenvalue weighted by atomic mass is 15.1. The van der Waals surface area contributed by atoms with E-state index in [1.54, 1.807) is 0 Å². The lowest BCUT2D eigenvalue weighted by atomic mass is 9.91. The Morgan fingerprint density at radius 2 is 0.547 bits per heavy atom. The maximum absolute atomic E-state index is 5.40. The van der Waals surface area contributed by atoms with Crippen molar-refractivity contribution >= 4 is 33.1 Å². The molecule has 6 nitrogen and oxygen atoms in total. The summed E-state index contributed by atoms with van der Waals surface area (Å²) in [4.78, 5) is 21.0. The summed E-state index contributed by atoms with van der Waals surface area (Å²) in [7, 11) is 0. The van der Waals surface area contributed by atoms with Crippen LogP contribution in [0.25, 0.3) is 112 Å². The molecule has 0 spiro atoms. The van der Waals surface area contributed by atoms with Gasteiger partial charge in [0, 0.05) is 33.6 Å². The molecule has 0 atom stereocenters. The largest absolute Gasteiger partial charge is 0.292 e. The van der Waals surface area contributed by atoms with Gasteiger partial charge in [-0.25, -0.2) is 19.9 Å². The van der Waals surface area contributed by atoms with Gasteiger partial charge in [0.05, 0.1) is 44.5 Å². The maximum Gasteiger partial charge on any atom is 0.145 e. The number of hydrogen-bond acceptors (Lipinski definition) is 4. The van der Waals surface area contributed by atoms with Gasteiger partial charge in [-0.3, -0.25) is 9.13 Å². The summed E-state index contributed by atoms with van der Waals surface area (Å²) < 4.78 is 4.48. The molecule has 3 aromatic heterocycles. The monoisotopic (exact) mass is 818 g/mol. The molecule has 0 amide bonds. The Labute approximate surface area is 370 Å². The smallest absolute Gasteiger partial charge is 0.145 e. The zero-order valence-corrected chi connectivity index (χ0v) is 34.6. The second-order valence-electron chi connectivity index (χ2n) is 15.8. The number of fused-ring (bicyclic) bond motifs is 3. The topological polar surface area (TPSA) is 61.4 Å². The van der Waals surface area contributed by atoms with Crippen molar-refractivity contribution in [3.63, 3.8) is 0 Å². The van der Waals surface area contributed by atoms with Crippen molar-refractivity contribution in [2.45, 2.75) is 0 Å². The van der Waals surface area contributed by atoms with Gasteiger partial charge in [-0.05, 0) is 82.9 Å². The summed E-state index contributed by atoms with van der Waals surface area (Å²) in [5, 5.41) is 0. The quantitative estimate of drug-likeness (QED) is 0.153. The Morgan fingerprint density at radius 1 is 0.234 bits per heavy atom. The van der Waals surface area contributed by atoms with E-state index in [9.17, 15) is 0 Å². The van der Waals surface area contributed by atoms with E-state index in [0.717, 1.165) is 112 Å². The van der Waals surface area contributed by atoms with E-state index in [1.807, 2.05) is 48.5 Å². The third-order valence-electron chi connectivity index (χ3n) is 12.0. The first kappa shape index (κ1) is 37.1. The fraction of sp³-hybridized carbons (Fsp3) is 0. The first-order valence-corrected chi connectivity index (χ1v) is 21.5. The molecular formula is C58H38N6. The lowest BCUT2D eigenvalue weighted by molar-refractivity contribution is 1.10. The van der Waals surface area contributed by atoms with Crippen LogP contribution in [-0.4, -0.2) is 29.1 Å². The molecule has 6 heteroatoms. The van der Waals surface area contributed by atoms with Crippen molar-refractivity contribution < 1.29 is 0 Å². The first-order valence-electron chi connectivity index (χ1n) is 21.5. The van der Waals surface area contributed by atoms with Crippen LogP contribution in [0.3, 0.4) is 0 Å². The van der Waals surface area contributed by atoms with Crippen LogP contribution in [-0.2, 0) is 0 Å². The van der Waals surface area contributed by atoms with Gasteiger partial charge in [-0.2, -0.15) is 0 Å². The third-order valence-corrected chi connectivity index (χ3v) is 12.0. The normalized spacial score (nSPS) is 11.4. The Kier molecular flexibility index (Phi) is 9.05. The standard InChI is InChI=1S/C58H38N6/c1-3-17-43(18-4-1)63-53-29-15-13-27-51(53)61-57(63)41-35-31-39(32-36-41)45-21-7-9-23-47(45)55-56(60-50-26-12-11-25-49(50)59-55)48-24-10-8-22-46(48)40-33-37-42(38-34-40)58-62-52-28-14-16-30-54(52)64(58)44-19-5-2-6-20-44/h1-38H. The number of aromatic nitrogens is 6. The summed E-state index contributed by atoms with van der Waals surface area (Å²) in [6.07, 6.45) is 0. The highest BCUT2D eigenvalue weighted by Crippen LogP contribution is 2.42. The summed E-state index contributed by atoms with van der Waals surface area (Å²) in [5.41, 5.74) is 17.9. The number of nitrogens with zero attached hydrogens (tertiary/aromatic N) is 6. The highest BCUT2D eigenvalue weighted by Gasteiger charge is 2.21. The summed E-state index contributed by atoms with van der Waals surface area (Å²) in [6.45, 7) is 0. The van der Waals surface area contributed by atoms with Crippen LogP contribution in [0.5, 0.6) is 0 Å². The Hall–Kier alpha value is -8.74. The van der Waals surface area contributed by atoms with E-state index in [1.165, 1.54) is 0 Å². The molecule has 0 saturated carbocycles. The molecule has 64 heavy (non-hydrogen) atoms. The van der Waals surface area contributed by atoms with Gasteiger partial charge in [0.1, 0.15) is 11.6 Å². The fourth-order valence-corrected chi connectivity index (χ4v) is 8.97. The average Bonchev–Trinajstić information content (AvgIpc) is 3.96. The number of imidazole rings is 2. The molecule has 0 fully saturated rings. The van der Waals surface area contributed by atoms with E-state index in [2.05, 4.69) is 191 Å². The summed E-state index contributed by atoms with van der Waals surface area (Å²) in [6, 6.07) is 80.1. The van der Waals surface area contributed by atoms with Gasteiger partial charge >= 0.3 is 0 Å². The summed E-state index contributed by atoms with van der Waals surface area (Å²) in [5.74, 6) is 1.80. The van der Waals surface area contributed by atoms with Crippen LogP contribution < -0.4 is 0 Å². The predicted octanol–water partition coefficient (Wildman–Crippen LogP) is 14.3. The minimum absolute atomic E-state index is 0.824. The molecule has 0 bridgehead atoms. The van der Waals surface area contributed by atoms with Crippen molar-refractivity contribution in [3.05, 3.63) is 231 Å². The molecule has 0 radical (unpaired) electrons. The summed E-state index contributed by atoms with van der Waals surface area (Å²) >= 11 is 0. The van der Waals surface area contributed by atoms with Crippen LogP contribution in [0, 0.1) is 0 Å². The molecule has 0 aliphatic rings. The van der Waals surface area contributed by atoms with Crippen molar-refractivity contribution in [2.24, 2.45) is 0 Å². The molecule has 300 valence electrons. The van der Waals surface area contributed by atoms with Gasteiger partial charge in [0.25, 0.3) is 0 Å². The van der Waals surface area contributed by atoms with E-state index in [-0.39, 0.29) is 0 Å². The van der Waals surface area contributed by atoms with Crippen LogP contribution in [0.15, 0.2) is 231 Å². The first-order chi connectivity index (χ1) is 31.7. The minimum atomic E-state index is 0.824. The predicted molar refractivity (Wildman–Crippen MR) is 261 cm³/mol. The maximum atomic E-state index is 5.40. The third kappa shape index (κ3) is 6.44. The molecule has 0 N–H and O–H groups in total. The van der Waals surface area contributed by atoms with Crippen LogP contribution in [0.1, 0.15) is 0 Å². The number of rotatable bonds is 8. The minimum Gasteiger partial charge on any atom is -0.292 e. The molecule has 12 aromatic rings. The van der Waals surface area contributed by atoms with Gasteiger partial charge in [-0.15, -0.1) is 0 Å². The van der Waals surface area contributed by atoms with E-state index in [0.29, 0.717) is 0 Å².